The molecule has 1 aromatic rings. The second kappa shape index (κ2) is 6.58. The predicted molar refractivity (Wildman–Crippen MR) is 66.1 cm³/mol. The van der Waals surface area contributed by atoms with E-state index < -0.39 is 12.0 Å². The lowest BCUT2D eigenvalue weighted by Gasteiger charge is -2.11. The highest BCUT2D eigenvalue weighted by Gasteiger charge is 2.35. The van der Waals surface area contributed by atoms with Gasteiger partial charge in [0.15, 0.2) is 0 Å². The molecule has 0 aliphatic carbocycles. The largest absolute Gasteiger partial charge is 0.478 e. The molecule has 0 atom stereocenters. The third-order valence-corrected chi connectivity index (χ3v) is 2.39. The van der Waals surface area contributed by atoms with Crippen molar-refractivity contribution < 1.29 is 17.9 Å². The summed E-state index contributed by atoms with van der Waals surface area (Å²) < 4.78 is 43.0. The SMILES string of the molecule is CNc1cc(OCCCC(C)C)nc(C(F)(F)F)n1. The zero-order chi connectivity index (χ0) is 14.5. The topological polar surface area (TPSA) is 47.0 Å². The Morgan fingerprint density at radius 3 is 2.53 bits per heavy atom. The highest BCUT2D eigenvalue weighted by Crippen LogP contribution is 2.28. The van der Waals surface area contributed by atoms with E-state index in [1.54, 1.807) is 0 Å². The van der Waals surface area contributed by atoms with E-state index in [1.807, 2.05) is 0 Å². The standard InChI is InChI=1S/C12H18F3N3O/c1-8(2)5-4-6-19-10-7-9(16-3)17-11(18-10)12(13,14)15/h7-8H,4-6H2,1-3H3,(H,16,17,18). The van der Waals surface area contributed by atoms with Gasteiger partial charge in [-0.2, -0.15) is 18.2 Å². The molecule has 4 nitrogen and oxygen atoms in total. The number of nitrogens with zero attached hydrogens (tertiary/aromatic N) is 2. The minimum Gasteiger partial charge on any atom is -0.478 e. The van der Waals surface area contributed by atoms with Crippen LogP contribution >= 0.6 is 0 Å². The lowest BCUT2D eigenvalue weighted by atomic mass is 10.1. The van der Waals surface area contributed by atoms with E-state index in [0.717, 1.165) is 12.8 Å². The lowest BCUT2D eigenvalue weighted by molar-refractivity contribution is -0.145. The van der Waals surface area contributed by atoms with Crippen molar-refractivity contribution >= 4 is 5.82 Å². The molecule has 1 rings (SSSR count). The van der Waals surface area contributed by atoms with E-state index in [-0.39, 0.29) is 11.7 Å². The Hall–Kier alpha value is -1.53. The van der Waals surface area contributed by atoms with Crippen LogP contribution in [0.3, 0.4) is 0 Å². The number of hydrogen-bond donors (Lipinski definition) is 1. The maximum absolute atomic E-state index is 12.6. The quantitative estimate of drug-likeness (QED) is 0.810. The van der Waals surface area contributed by atoms with E-state index in [1.165, 1.54) is 13.1 Å². The third-order valence-electron chi connectivity index (χ3n) is 2.39. The minimum atomic E-state index is -4.58. The average molecular weight is 277 g/mol. The van der Waals surface area contributed by atoms with Crippen LogP contribution in [-0.4, -0.2) is 23.6 Å². The molecule has 0 bridgehead atoms. The smallest absolute Gasteiger partial charge is 0.451 e. The van der Waals surface area contributed by atoms with Crippen molar-refractivity contribution in [2.75, 3.05) is 19.0 Å². The summed E-state index contributed by atoms with van der Waals surface area (Å²) in [5.41, 5.74) is 0. The Labute approximate surface area is 110 Å². The van der Waals surface area contributed by atoms with Gasteiger partial charge in [-0.3, -0.25) is 0 Å². The molecule has 0 fully saturated rings. The monoisotopic (exact) mass is 277 g/mol. The van der Waals surface area contributed by atoms with Gasteiger partial charge >= 0.3 is 6.18 Å². The highest BCUT2D eigenvalue weighted by atomic mass is 19.4. The zero-order valence-corrected chi connectivity index (χ0v) is 11.2. The summed E-state index contributed by atoms with van der Waals surface area (Å²) in [5.74, 6) is -0.637. The summed E-state index contributed by atoms with van der Waals surface area (Å²) in [7, 11) is 1.49. The van der Waals surface area contributed by atoms with E-state index in [2.05, 4.69) is 29.1 Å². The van der Waals surface area contributed by atoms with Crippen LogP contribution in [0.25, 0.3) is 0 Å². The summed E-state index contributed by atoms with van der Waals surface area (Å²) in [5, 5.41) is 2.56. The molecule has 0 aromatic carbocycles. The highest BCUT2D eigenvalue weighted by molar-refractivity contribution is 5.38. The first-order chi connectivity index (χ1) is 8.82. The van der Waals surface area contributed by atoms with Crippen LogP contribution in [-0.2, 0) is 6.18 Å². The molecule has 0 saturated carbocycles. The normalized spacial score (nSPS) is 11.7. The number of anilines is 1. The van der Waals surface area contributed by atoms with Crippen molar-refractivity contribution in [2.45, 2.75) is 32.9 Å². The first-order valence-corrected chi connectivity index (χ1v) is 6.09. The van der Waals surface area contributed by atoms with E-state index in [4.69, 9.17) is 4.74 Å². The summed E-state index contributed by atoms with van der Waals surface area (Å²) >= 11 is 0. The van der Waals surface area contributed by atoms with Crippen molar-refractivity contribution in [3.05, 3.63) is 11.9 Å². The molecular weight excluding hydrogens is 259 g/mol. The summed E-state index contributed by atoms with van der Waals surface area (Å²) in [6, 6.07) is 1.35. The fourth-order valence-electron chi connectivity index (χ4n) is 1.42. The molecular formula is C12H18F3N3O. The number of hydrogen-bond acceptors (Lipinski definition) is 4. The van der Waals surface area contributed by atoms with Gasteiger partial charge in [-0.05, 0) is 18.8 Å². The van der Waals surface area contributed by atoms with Crippen LogP contribution < -0.4 is 10.1 Å². The number of nitrogens with one attached hydrogen (secondary N) is 1. The van der Waals surface area contributed by atoms with Gasteiger partial charge in [0.25, 0.3) is 0 Å². The van der Waals surface area contributed by atoms with Gasteiger partial charge in [-0.15, -0.1) is 0 Å². The minimum absolute atomic E-state index is 0.0598. The zero-order valence-electron chi connectivity index (χ0n) is 11.2. The van der Waals surface area contributed by atoms with E-state index in [9.17, 15) is 13.2 Å². The molecule has 19 heavy (non-hydrogen) atoms. The second-order valence-electron chi connectivity index (χ2n) is 4.55. The number of ether oxygens (including phenoxy) is 1. The van der Waals surface area contributed by atoms with Gasteiger partial charge in [-0.1, -0.05) is 13.8 Å². The summed E-state index contributed by atoms with van der Waals surface area (Å²) in [6.07, 6.45) is -2.85. The first-order valence-electron chi connectivity index (χ1n) is 6.09. The van der Waals surface area contributed by atoms with Crippen LogP contribution in [0.5, 0.6) is 5.88 Å². The average Bonchev–Trinajstić information content (AvgIpc) is 2.33. The summed E-state index contributed by atoms with van der Waals surface area (Å²) in [4.78, 5) is 6.72. The fourth-order valence-corrected chi connectivity index (χ4v) is 1.42. The van der Waals surface area contributed by atoms with Crippen molar-refractivity contribution in [1.29, 1.82) is 0 Å². The molecule has 0 spiro atoms. The van der Waals surface area contributed by atoms with Crippen molar-refractivity contribution in [3.63, 3.8) is 0 Å². The summed E-state index contributed by atoms with van der Waals surface area (Å²) in [6.45, 7) is 4.49. The van der Waals surface area contributed by atoms with Gasteiger partial charge < -0.3 is 10.1 Å². The Balaban J connectivity index is 2.72. The van der Waals surface area contributed by atoms with Gasteiger partial charge in [0, 0.05) is 13.1 Å². The maximum Gasteiger partial charge on any atom is 0.451 e. The van der Waals surface area contributed by atoms with E-state index >= 15 is 0 Å². The number of aromatic nitrogens is 2. The van der Waals surface area contributed by atoms with Gasteiger partial charge in [0.2, 0.25) is 11.7 Å². The molecule has 1 N–H and O–H groups in total. The van der Waals surface area contributed by atoms with Crippen LogP contribution in [0, 0.1) is 5.92 Å². The van der Waals surface area contributed by atoms with Crippen LogP contribution in [0.2, 0.25) is 0 Å². The van der Waals surface area contributed by atoms with Gasteiger partial charge in [0.1, 0.15) is 5.82 Å². The molecule has 7 heteroatoms. The van der Waals surface area contributed by atoms with Gasteiger partial charge in [0.05, 0.1) is 6.61 Å². The Morgan fingerprint density at radius 2 is 2.00 bits per heavy atom. The second-order valence-corrected chi connectivity index (χ2v) is 4.55. The Morgan fingerprint density at radius 1 is 1.32 bits per heavy atom. The molecule has 0 aliphatic rings. The van der Waals surface area contributed by atoms with Crippen molar-refractivity contribution in [1.82, 2.24) is 9.97 Å². The number of alkyl halides is 3. The predicted octanol–water partition coefficient (Wildman–Crippen LogP) is 3.35. The lowest BCUT2D eigenvalue weighted by Crippen LogP contribution is -2.13. The van der Waals surface area contributed by atoms with E-state index in [0.29, 0.717) is 12.5 Å². The van der Waals surface area contributed by atoms with Crippen LogP contribution in [0.1, 0.15) is 32.5 Å². The Bertz CT molecular complexity index is 408. The molecule has 108 valence electrons. The van der Waals surface area contributed by atoms with Gasteiger partial charge in [-0.25, -0.2) is 4.98 Å². The molecule has 0 unspecified atom stereocenters. The van der Waals surface area contributed by atoms with Crippen molar-refractivity contribution in [3.8, 4) is 5.88 Å². The first kappa shape index (κ1) is 15.5. The van der Waals surface area contributed by atoms with Crippen molar-refractivity contribution in [2.24, 2.45) is 5.92 Å². The van der Waals surface area contributed by atoms with Crippen LogP contribution in [0.15, 0.2) is 6.07 Å². The van der Waals surface area contributed by atoms with Crippen LogP contribution in [0.4, 0.5) is 19.0 Å². The molecule has 0 saturated heterocycles. The molecule has 0 aliphatic heterocycles. The fraction of sp³-hybridized carbons (Fsp3) is 0.667. The molecule has 0 amide bonds. The molecule has 1 aromatic heterocycles. The third kappa shape index (κ3) is 5.32. The maximum atomic E-state index is 12.6. The molecule has 1 heterocycles. The Kier molecular flexibility index (Phi) is 5.38. The molecule has 0 radical (unpaired) electrons. The number of rotatable bonds is 6. The number of halogens is 3.